The van der Waals surface area contributed by atoms with Gasteiger partial charge < -0.3 is 19.4 Å². The Kier molecular flexibility index (Phi) is 15.0. The zero-order chi connectivity index (χ0) is 17.8. The Morgan fingerprint density at radius 3 is 2.36 bits per heavy atom. The molecule has 0 aromatic heterocycles. The predicted octanol–water partition coefficient (Wildman–Crippen LogP) is -4.59. The van der Waals surface area contributed by atoms with E-state index in [-0.39, 0.29) is 128 Å². The number of allylic oxidation sites excluding steroid dienone is 4. The van der Waals surface area contributed by atoms with Crippen LogP contribution in [0.5, 0.6) is 0 Å². The zero-order valence-electron chi connectivity index (χ0n) is 16.1. The van der Waals surface area contributed by atoms with Crippen LogP contribution in [0.25, 0.3) is 0 Å². The van der Waals surface area contributed by atoms with Gasteiger partial charge in [-0.15, -0.1) is 7.94 Å². The number of carbonyl (C=O) groups is 1. The minimum absolute atomic E-state index is 0. The summed E-state index contributed by atoms with van der Waals surface area (Å²) in [6.45, 7) is 13.5. The Morgan fingerprint density at radius 1 is 1.36 bits per heavy atom. The Balaban J connectivity index is 0. The van der Waals surface area contributed by atoms with Crippen LogP contribution in [0, 0.1) is 5.92 Å². The molecule has 25 heavy (non-hydrogen) atoms. The third-order valence-corrected chi connectivity index (χ3v) is 5.82. The molecule has 1 aliphatic rings. The van der Waals surface area contributed by atoms with Gasteiger partial charge in [-0.3, -0.25) is 0 Å². The fourth-order valence-corrected chi connectivity index (χ4v) is 4.04. The van der Waals surface area contributed by atoms with Crippen LogP contribution in [-0.4, -0.2) is 17.7 Å². The van der Waals surface area contributed by atoms with Gasteiger partial charge in [0.2, 0.25) is 0 Å². The third kappa shape index (κ3) is 7.90. The fourth-order valence-electron chi connectivity index (χ4n) is 2.95. The summed E-state index contributed by atoms with van der Waals surface area (Å²) < 4.78 is 4.85. The minimum Gasteiger partial charge on any atom is -0.687 e. The molecule has 0 saturated heterocycles. The van der Waals surface area contributed by atoms with E-state index in [0.29, 0.717) is 12.0 Å². The van der Waals surface area contributed by atoms with E-state index >= 15 is 0 Å². The van der Waals surface area contributed by atoms with E-state index in [2.05, 4.69) is 19.2 Å². The monoisotopic (exact) mass is 418 g/mol. The van der Waals surface area contributed by atoms with Crippen LogP contribution in [0.3, 0.4) is 0 Å². The van der Waals surface area contributed by atoms with Gasteiger partial charge in [-0.05, 0) is 33.6 Å². The number of carbonyl (C=O) groups excluding carboxylic acids is 1. The molecule has 0 N–H and O–H groups in total. The molecule has 0 aromatic rings. The van der Waals surface area contributed by atoms with Crippen LogP contribution >= 0.6 is 7.94 Å². The zero-order valence-corrected chi connectivity index (χ0v) is 23.2. The second-order valence-corrected chi connectivity index (χ2v) is 8.17. The second-order valence-electron chi connectivity index (χ2n) is 6.32. The fraction of sp³-hybridized carbons (Fsp3) is 0.588. The van der Waals surface area contributed by atoms with E-state index in [1.54, 1.807) is 6.92 Å². The number of rotatable bonds is 7. The summed E-state index contributed by atoms with van der Waals surface area (Å²) in [7, 11) is -5.17. The molecule has 2 atom stereocenters. The number of ether oxygens (including phenoxy) is 1. The van der Waals surface area contributed by atoms with E-state index in [4.69, 9.17) is 4.74 Å². The van der Waals surface area contributed by atoms with E-state index in [1.807, 2.05) is 13.8 Å². The number of hydrogen-bond acceptors (Lipinski definition) is 5. The predicted molar refractivity (Wildman–Crippen MR) is 86.0 cm³/mol. The molecule has 8 heteroatoms. The smallest absolute Gasteiger partial charge is 0.687 e. The molecule has 5 nitrogen and oxygen atoms in total. The van der Waals surface area contributed by atoms with E-state index < -0.39 is 19.1 Å². The first-order chi connectivity index (χ1) is 10.5. The first kappa shape index (κ1) is 29.5. The third-order valence-electron chi connectivity index (χ3n) is 4.24. The molecule has 0 aliphatic heterocycles. The van der Waals surface area contributed by atoms with E-state index in [1.165, 1.54) is 5.57 Å². The maximum Gasteiger partial charge on any atom is 1.00 e. The summed E-state index contributed by atoms with van der Waals surface area (Å²) >= 11 is 0. The first-order valence-corrected chi connectivity index (χ1v) is 9.27. The summed E-state index contributed by atoms with van der Waals surface area (Å²) in [5.74, 6) is -1.31. The van der Waals surface area contributed by atoms with Crippen molar-refractivity contribution in [2.75, 3.05) is 6.61 Å². The Labute approximate surface area is 236 Å². The summed E-state index contributed by atoms with van der Waals surface area (Å²) in [5, 5.41) is -2.04. The maximum absolute atomic E-state index is 12.2. The molecule has 0 amide bonds. The van der Waals surface area contributed by atoms with Crippen molar-refractivity contribution in [3.05, 3.63) is 36.0 Å². The topological polar surface area (TPSA) is 95.5 Å². The standard InChI is InChI=1S/C17H27O5P.2K/c1-6-22-16(18)17(23(19,20)21)10-14(5)15(11-17)13(4)9-7-8-12(2)3;;/h8,15H,4-7,9-11H2,1-3H3,(H2,19,20,21);;/q;2*+1/p-2/t15-,17-;;/m0../s1. The molecule has 1 aliphatic carbocycles. The molecule has 130 valence electrons. The van der Waals surface area contributed by atoms with Gasteiger partial charge in [-0.2, -0.15) is 0 Å². The van der Waals surface area contributed by atoms with Gasteiger partial charge in [-0.25, -0.2) is 4.79 Å². The van der Waals surface area contributed by atoms with Gasteiger partial charge >= 0.3 is 109 Å². The SMILES string of the molecule is C=C(CCC=C(C)C)[C@@H]1C[C@@](C(=O)OCC)([P+]([O-])([O-])[O-])CC1=C.[K+].[K+]. The Hall–Kier alpha value is 2.27. The van der Waals surface area contributed by atoms with Crippen LogP contribution in [0.4, 0.5) is 0 Å². The summed E-state index contributed by atoms with van der Waals surface area (Å²) in [4.78, 5) is 47.5. The molecular formula is C17H25K2O5P. The van der Waals surface area contributed by atoms with Crippen LogP contribution in [0.1, 0.15) is 46.5 Å². The average Bonchev–Trinajstić information content (AvgIpc) is 2.77. The number of hydrogen-bond donors (Lipinski definition) is 0. The molecule has 1 saturated carbocycles. The van der Waals surface area contributed by atoms with Gasteiger partial charge in [0.15, 0.2) is 5.16 Å². The molecule has 0 aromatic carbocycles. The summed E-state index contributed by atoms with van der Waals surface area (Å²) in [6.07, 6.45) is 3.22. The van der Waals surface area contributed by atoms with Crippen molar-refractivity contribution in [2.24, 2.45) is 5.92 Å². The van der Waals surface area contributed by atoms with Gasteiger partial charge in [-0.1, -0.05) is 36.0 Å². The summed E-state index contributed by atoms with van der Waals surface area (Å²) in [6, 6.07) is 0. The van der Waals surface area contributed by atoms with Gasteiger partial charge in [0.25, 0.3) is 0 Å². The normalized spacial score (nSPS) is 22.5. The van der Waals surface area contributed by atoms with Gasteiger partial charge in [0.1, 0.15) is 0 Å². The maximum atomic E-state index is 12.2. The van der Waals surface area contributed by atoms with Crippen molar-refractivity contribution < 1.29 is 127 Å². The van der Waals surface area contributed by atoms with Crippen LogP contribution in [-0.2, 0) is 9.53 Å². The molecule has 0 unspecified atom stereocenters. The number of esters is 1. The minimum atomic E-state index is -5.17. The Morgan fingerprint density at radius 2 is 1.92 bits per heavy atom. The van der Waals surface area contributed by atoms with Crippen molar-refractivity contribution in [2.45, 2.75) is 51.6 Å². The van der Waals surface area contributed by atoms with E-state index in [9.17, 15) is 19.5 Å². The van der Waals surface area contributed by atoms with Gasteiger partial charge in [0.05, 0.1) is 6.61 Å². The van der Waals surface area contributed by atoms with Crippen molar-refractivity contribution in [1.82, 2.24) is 0 Å². The van der Waals surface area contributed by atoms with E-state index in [0.717, 1.165) is 12.0 Å². The molecule has 0 radical (unpaired) electrons. The molecular weight excluding hydrogens is 393 g/mol. The molecule has 0 bridgehead atoms. The quantitative estimate of drug-likeness (QED) is 0.180. The molecule has 1 rings (SSSR count). The first-order valence-electron chi connectivity index (χ1n) is 7.73. The van der Waals surface area contributed by atoms with Crippen molar-refractivity contribution in [3.8, 4) is 0 Å². The Bertz CT molecular complexity index is 524. The average molecular weight is 419 g/mol. The van der Waals surface area contributed by atoms with Crippen LogP contribution in [0.15, 0.2) is 36.0 Å². The summed E-state index contributed by atoms with van der Waals surface area (Å²) in [5.41, 5.74) is 2.55. The van der Waals surface area contributed by atoms with Crippen LogP contribution in [0.2, 0.25) is 0 Å². The van der Waals surface area contributed by atoms with Crippen molar-refractivity contribution in [1.29, 1.82) is 0 Å². The van der Waals surface area contributed by atoms with Crippen molar-refractivity contribution >= 4 is 13.9 Å². The van der Waals surface area contributed by atoms with Crippen molar-refractivity contribution in [3.63, 3.8) is 0 Å². The molecule has 0 heterocycles. The molecule has 0 spiro atoms. The largest absolute Gasteiger partial charge is 1.00 e. The second kappa shape index (κ2) is 12.8. The van der Waals surface area contributed by atoms with Gasteiger partial charge in [0, 0.05) is 18.8 Å². The van der Waals surface area contributed by atoms with Crippen LogP contribution < -0.4 is 117 Å². The molecule has 1 fully saturated rings.